The van der Waals surface area contributed by atoms with Crippen molar-refractivity contribution in [1.82, 2.24) is 14.9 Å². The molecule has 3 aromatic rings. The largest absolute Gasteiger partial charge is 0.495 e. The van der Waals surface area contributed by atoms with E-state index in [-0.39, 0.29) is 22.0 Å². The molecule has 4 N–H and O–H groups in total. The molecule has 3 rings (SSSR count). The molecule has 0 unspecified atom stereocenters. The summed E-state index contributed by atoms with van der Waals surface area (Å²) < 4.78 is 6.52. The van der Waals surface area contributed by atoms with Gasteiger partial charge in [-0.1, -0.05) is 17.7 Å². The van der Waals surface area contributed by atoms with Crippen molar-refractivity contribution in [3.8, 4) is 11.4 Å². The summed E-state index contributed by atoms with van der Waals surface area (Å²) in [5.74, 6) is -1.34. The Morgan fingerprint density at radius 3 is 2.40 bits per heavy atom. The molecule has 0 radical (unpaired) electrons. The minimum atomic E-state index is -0.795. The van der Waals surface area contributed by atoms with Crippen molar-refractivity contribution in [2.45, 2.75) is 0 Å². The smallest absolute Gasteiger partial charge is 0.272 e. The Kier molecular flexibility index (Phi) is 6.03. The Bertz CT molecular complexity index is 1120. The number of amides is 3. The number of nitrogens with one attached hydrogen (secondary N) is 2. The van der Waals surface area contributed by atoms with Crippen molar-refractivity contribution >= 4 is 35.0 Å². The van der Waals surface area contributed by atoms with E-state index in [2.05, 4.69) is 15.6 Å². The molecule has 30 heavy (non-hydrogen) atoms. The highest BCUT2D eigenvalue weighted by Gasteiger charge is 2.22. The number of primary amides is 1. The third-order valence-electron chi connectivity index (χ3n) is 4.27. The number of anilines is 1. The van der Waals surface area contributed by atoms with Gasteiger partial charge >= 0.3 is 0 Å². The van der Waals surface area contributed by atoms with E-state index >= 15 is 0 Å². The Balaban J connectivity index is 1.86. The van der Waals surface area contributed by atoms with E-state index in [1.165, 1.54) is 25.1 Å². The molecule has 0 saturated carbocycles. The molecule has 0 aliphatic rings. The van der Waals surface area contributed by atoms with E-state index in [0.29, 0.717) is 17.1 Å². The van der Waals surface area contributed by atoms with Gasteiger partial charge in [-0.2, -0.15) is 0 Å². The van der Waals surface area contributed by atoms with Gasteiger partial charge in [-0.05, 0) is 36.4 Å². The third kappa shape index (κ3) is 3.96. The van der Waals surface area contributed by atoms with Crippen LogP contribution < -0.4 is 21.1 Å². The molecule has 0 saturated heterocycles. The van der Waals surface area contributed by atoms with Gasteiger partial charge in [0, 0.05) is 18.4 Å². The summed E-state index contributed by atoms with van der Waals surface area (Å²) in [5, 5.41) is 5.36. The Morgan fingerprint density at radius 1 is 1.10 bits per heavy atom. The van der Waals surface area contributed by atoms with Crippen LogP contribution in [0.5, 0.6) is 5.75 Å². The number of nitrogens with zero attached hydrogens (tertiary/aromatic N) is 2. The van der Waals surface area contributed by atoms with Crippen molar-refractivity contribution < 1.29 is 19.1 Å². The summed E-state index contributed by atoms with van der Waals surface area (Å²) in [5.41, 5.74) is 6.60. The molecule has 154 valence electrons. The van der Waals surface area contributed by atoms with Crippen LogP contribution in [0.3, 0.4) is 0 Å². The Labute approximate surface area is 176 Å². The van der Waals surface area contributed by atoms with Gasteiger partial charge in [0.25, 0.3) is 17.7 Å². The maximum absolute atomic E-state index is 12.5. The summed E-state index contributed by atoms with van der Waals surface area (Å²) in [7, 11) is 2.89. The number of rotatable bonds is 6. The lowest BCUT2D eigenvalue weighted by molar-refractivity contribution is 0.0937. The van der Waals surface area contributed by atoms with E-state index in [9.17, 15) is 14.4 Å². The van der Waals surface area contributed by atoms with E-state index < -0.39 is 17.7 Å². The van der Waals surface area contributed by atoms with Crippen LogP contribution in [0, 0.1) is 0 Å². The van der Waals surface area contributed by atoms with Crippen molar-refractivity contribution in [3.05, 3.63) is 70.8 Å². The Morgan fingerprint density at radius 2 is 1.80 bits per heavy atom. The molecule has 0 bridgehead atoms. The average Bonchev–Trinajstić information content (AvgIpc) is 3.19. The molecule has 0 spiro atoms. The first-order valence-corrected chi connectivity index (χ1v) is 9.08. The second-order valence-corrected chi connectivity index (χ2v) is 6.46. The van der Waals surface area contributed by atoms with Crippen molar-refractivity contribution in [2.75, 3.05) is 19.5 Å². The van der Waals surface area contributed by atoms with Crippen LogP contribution in [-0.2, 0) is 0 Å². The zero-order valence-corrected chi connectivity index (χ0v) is 16.9. The van der Waals surface area contributed by atoms with E-state index in [4.69, 9.17) is 22.1 Å². The molecule has 0 aliphatic heterocycles. The van der Waals surface area contributed by atoms with Crippen LogP contribution in [0.1, 0.15) is 31.3 Å². The van der Waals surface area contributed by atoms with Gasteiger partial charge in [-0.25, -0.2) is 4.98 Å². The fourth-order valence-corrected chi connectivity index (χ4v) is 3.10. The van der Waals surface area contributed by atoms with Gasteiger partial charge in [0.05, 0.1) is 17.7 Å². The summed E-state index contributed by atoms with van der Waals surface area (Å²) in [6, 6.07) is 11.4. The van der Waals surface area contributed by atoms with Crippen LogP contribution in [0.15, 0.2) is 48.8 Å². The number of methoxy groups -OCH3 is 1. The third-order valence-corrected chi connectivity index (χ3v) is 4.66. The molecular weight excluding hydrogens is 410 g/mol. The monoisotopic (exact) mass is 427 g/mol. The van der Waals surface area contributed by atoms with Gasteiger partial charge in [0.2, 0.25) is 0 Å². The van der Waals surface area contributed by atoms with Crippen LogP contribution in [0.2, 0.25) is 5.02 Å². The maximum Gasteiger partial charge on any atom is 0.272 e. The molecule has 0 fully saturated rings. The first kappa shape index (κ1) is 20.9. The average molecular weight is 428 g/mol. The molecule has 3 amide bonds. The molecule has 1 aromatic heterocycles. The fourth-order valence-electron chi connectivity index (χ4n) is 2.81. The van der Waals surface area contributed by atoms with Crippen molar-refractivity contribution in [1.29, 1.82) is 0 Å². The number of ether oxygens (including phenoxy) is 1. The summed E-state index contributed by atoms with van der Waals surface area (Å²) in [6.07, 6.45) is 1.33. The predicted molar refractivity (Wildman–Crippen MR) is 111 cm³/mol. The second-order valence-electron chi connectivity index (χ2n) is 6.08. The number of benzene rings is 2. The number of halogens is 1. The van der Waals surface area contributed by atoms with Crippen molar-refractivity contribution in [2.24, 2.45) is 5.73 Å². The summed E-state index contributed by atoms with van der Waals surface area (Å²) >= 11 is 6.19. The van der Waals surface area contributed by atoms with E-state index in [1.807, 2.05) is 0 Å². The molecular formula is C20H18ClN5O4. The number of imidazole rings is 1. The Hall–Kier alpha value is -3.85. The van der Waals surface area contributed by atoms with Crippen LogP contribution in [0.4, 0.5) is 5.69 Å². The minimum absolute atomic E-state index is 0.0469. The van der Waals surface area contributed by atoms with Crippen LogP contribution in [-0.4, -0.2) is 41.4 Å². The molecule has 0 aliphatic carbocycles. The first-order valence-electron chi connectivity index (χ1n) is 8.71. The summed E-state index contributed by atoms with van der Waals surface area (Å²) in [4.78, 5) is 40.3. The molecule has 10 heteroatoms. The lowest BCUT2D eigenvalue weighted by Crippen LogP contribution is -2.25. The highest BCUT2D eigenvalue weighted by molar-refractivity contribution is 6.35. The first-order chi connectivity index (χ1) is 14.4. The van der Waals surface area contributed by atoms with Crippen molar-refractivity contribution in [3.63, 3.8) is 0 Å². The van der Waals surface area contributed by atoms with E-state index in [1.54, 1.807) is 42.5 Å². The number of hydrogen-bond acceptors (Lipinski definition) is 5. The molecule has 9 nitrogen and oxygen atoms in total. The van der Waals surface area contributed by atoms with Gasteiger partial charge in [0.1, 0.15) is 17.8 Å². The fraction of sp³-hybridized carbons (Fsp3) is 0.100. The van der Waals surface area contributed by atoms with Gasteiger partial charge in [-0.3, -0.25) is 19.0 Å². The normalized spacial score (nSPS) is 10.4. The number of aromatic nitrogens is 2. The van der Waals surface area contributed by atoms with Crippen LogP contribution >= 0.6 is 11.6 Å². The quantitative estimate of drug-likeness (QED) is 0.555. The SMILES string of the molecule is CNC(=O)c1ncn(-c2ccc(NC(=O)c3cccc(OC)c3Cl)cc2)c1C(N)=O. The van der Waals surface area contributed by atoms with E-state index in [0.717, 1.165) is 0 Å². The number of hydrogen-bond donors (Lipinski definition) is 3. The number of carbonyl (C=O) groups is 3. The number of nitrogens with two attached hydrogens (primary N) is 1. The summed E-state index contributed by atoms with van der Waals surface area (Å²) in [6.45, 7) is 0. The standard InChI is InChI=1S/C20H18ClN5O4/c1-23-20(29)16-17(18(22)27)26(10-24-16)12-8-6-11(7-9-12)25-19(28)13-4-3-5-14(30-2)15(13)21/h3-10H,1-2H3,(H2,22,27)(H,23,29)(H,25,28). The molecule has 1 heterocycles. The highest BCUT2D eigenvalue weighted by atomic mass is 35.5. The zero-order valence-electron chi connectivity index (χ0n) is 16.1. The van der Waals surface area contributed by atoms with Gasteiger partial charge in [-0.15, -0.1) is 0 Å². The zero-order chi connectivity index (χ0) is 21.8. The molecule has 0 atom stereocenters. The lowest BCUT2D eigenvalue weighted by atomic mass is 10.2. The number of carbonyl (C=O) groups excluding carboxylic acids is 3. The lowest BCUT2D eigenvalue weighted by Gasteiger charge is -2.11. The van der Waals surface area contributed by atoms with Crippen LogP contribution in [0.25, 0.3) is 5.69 Å². The topological polar surface area (TPSA) is 128 Å². The highest BCUT2D eigenvalue weighted by Crippen LogP contribution is 2.28. The maximum atomic E-state index is 12.5. The predicted octanol–water partition coefficient (Wildman–Crippen LogP) is 2.25. The molecule has 2 aromatic carbocycles. The van der Waals surface area contributed by atoms with Gasteiger partial charge < -0.3 is 21.1 Å². The second kappa shape index (κ2) is 8.66. The van der Waals surface area contributed by atoms with Gasteiger partial charge in [0.15, 0.2) is 5.69 Å². The minimum Gasteiger partial charge on any atom is -0.495 e.